The van der Waals surface area contributed by atoms with Gasteiger partial charge in [0.1, 0.15) is 5.75 Å². The minimum Gasteiger partial charge on any atom is -0.480 e. The van der Waals surface area contributed by atoms with Crippen molar-refractivity contribution < 1.29 is 14.6 Å². The lowest BCUT2D eigenvalue weighted by molar-refractivity contribution is -0.127. The highest BCUT2D eigenvalue weighted by molar-refractivity contribution is 9.10. The van der Waals surface area contributed by atoms with Crippen molar-refractivity contribution >= 4 is 21.8 Å². The number of aliphatic hydroxyl groups is 1. The molecule has 0 aliphatic rings. The van der Waals surface area contributed by atoms with E-state index >= 15 is 0 Å². The van der Waals surface area contributed by atoms with Crippen LogP contribution in [0.1, 0.15) is 45.3 Å². The van der Waals surface area contributed by atoms with Crippen molar-refractivity contribution in [2.24, 2.45) is 0 Å². The van der Waals surface area contributed by atoms with E-state index in [0.717, 1.165) is 17.3 Å². The van der Waals surface area contributed by atoms with Crippen molar-refractivity contribution in [1.29, 1.82) is 0 Å². The molecule has 0 saturated carbocycles. The van der Waals surface area contributed by atoms with E-state index in [4.69, 9.17) is 4.74 Å². The maximum absolute atomic E-state index is 11.9. The third kappa shape index (κ3) is 5.13. The van der Waals surface area contributed by atoms with Gasteiger partial charge >= 0.3 is 0 Å². The first-order valence-electron chi connectivity index (χ1n) is 6.87. The van der Waals surface area contributed by atoms with Crippen molar-refractivity contribution in [3.05, 3.63) is 28.2 Å². The lowest BCUT2D eigenvalue weighted by Gasteiger charge is -2.18. The summed E-state index contributed by atoms with van der Waals surface area (Å²) in [5.41, 5.74) is 0.668. The highest BCUT2D eigenvalue weighted by Crippen LogP contribution is 2.29. The van der Waals surface area contributed by atoms with Crippen molar-refractivity contribution in [2.45, 2.75) is 45.8 Å². The summed E-state index contributed by atoms with van der Waals surface area (Å²) in [7, 11) is 0. The third-order valence-corrected chi connectivity index (χ3v) is 3.42. The first-order chi connectivity index (χ1) is 9.45. The molecule has 1 unspecified atom stereocenters. The fraction of sp³-hybridized carbons (Fsp3) is 0.533. The van der Waals surface area contributed by atoms with Crippen LogP contribution in [-0.4, -0.2) is 23.7 Å². The number of rotatable bonds is 7. The highest BCUT2D eigenvalue weighted by atomic mass is 79.9. The first-order valence-corrected chi connectivity index (χ1v) is 7.66. The zero-order valence-electron chi connectivity index (χ0n) is 12.1. The van der Waals surface area contributed by atoms with Gasteiger partial charge < -0.3 is 15.2 Å². The maximum Gasteiger partial charge on any atom is 0.260 e. The Labute approximate surface area is 128 Å². The Morgan fingerprint density at radius 1 is 1.45 bits per heavy atom. The van der Waals surface area contributed by atoms with E-state index in [-0.39, 0.29) is 5.91 Å². The lowest BCUT2D eigenvalue weighted by Crippen LogP contribution is -2.37. The quantitative estimate of drug-likeness (QED) is 0.747. The number of carbonyl (C=O) groups excluding carboxylic acids is 1. The van der Waals surface area contributed by atoms with Crippen LogP contribution in [0.25, 0.3) is 0 Å². The molecule has 5 heteroatoms. The summed E-state index contributed by atoms with van der Waals surface area (Å²) in [6, 6.07) is 5.38. The van der Waals surface area contributed by atoms with Crippen LogP contribution in [0.3, 0.4) is 0 Å². The molecule has 112 valence electrons. The molecule has 1 aromatic carbocycles. The fourth-order valence-electron chi connectivity index (χ4n) is 1.73. The summed E-state index contributed by atoms with van der Waals surface area (Å²) in [6.45, 7) is 6.10. The van der Waals surface area contributed by atoms with Gasteiger partial charge in [0, 0.05) is 16.6 Å². The molecule has 0 saturated heterocycles. The number of ether oxygens (including phenoxy) is 1. The molecule has 1 rings (SSSR count). The van der Waals surface area contributed by atoms with Gasteiger partial charge in [0.15, 0.2) is 6.10 Å². The van der Waals surface area contributed by atoms with Gasteiger partial charge in [-0.05, 0) is 32.4 Å². The van der Waals surface area contributed by atoms with Crippen LogP contribution in [0.5, 0.6) is 5.75 Å². The molecule has 1 amide bonds. The van der Waals surface area contributed by atoms with E-state index in [2.05, 4.69) is 28.2 Å². The minimum atomic E-state index is -0.645. The molecular formula is C15H22BrNO3. The van der Waals surface area contributed by atoms with Crippen LogP contribution in [-0.2, 0) is 4.79 Å². The molecule has 0 aliphatic heterocycles. The summed E-state index contributed by atoms with van der Waals surface area (Å²) in [5.74, 6) is 0.377. The number of benzene rings is 1. The summed E-state index contributed by atoms with van der Waals surface area (Å²) >= 11 is 3.36. The van der Waals surface area contributed by atoms with E-state index in [0.29, 0.717) is 17.9 Å². The summed E-state index contributed by atoms with van der Waals surface area (Å²) in [4.78, 5) is 11.9. The Morgan fingerprint density at radius 3 is 2.75 bits per heavy atom. The topological polar surface area (TPSA) is 58.6 Å². The smallest absolute Gasteiger partial charge is 0.260 e. The number of carbonyl (C=O) groups is 1. The van der Waals surface area contributed by atoms with Crippen molar-refractivity contribution in [1.82, 2.24) is 5.32 Å². The molecule has 0 aromatic heterocycles. The second-order valence-electron chi connectivity index (χ2n) is 4.76. The summed E-state index contributed by atoms with van der Waals surface area (Å²) in [5, 5.41) is 12.6. The Balaban J connectivity index is 2.71. The minimum absolute atomic E-state index is 0.144. The monoisotopic (exact) mass is 343 g/mol. The second-order valence-corrected chi connectivity index (χ2v) is 5.68. The van der Waals surface area contributed by atoms with Crippen molar-refractivity contribution in [3.8, 4) is 5.75 Å². The molecule has 0 heterocycles. The standard InChI is InChI=1S/C15H22BrNO3/c1-4-5-8-17-15(19)11(3)20-14-9-12(16)6-7-13(14)10(2)18/h6-7,9-11,18H,4-5,8H2,1-3H3,(H,17,19)/t10-,11?/m0/s1. The molecular weight excluding hydrogens is 322 g/mol. The second kappa shape index (κ2) is 8.27. The molecule has 4 nitrogen and oxygen atoms in total. The van der Waals surface area contributed by atoms with Gasteiger partial charge in [0.05, 0.1) is 6.10 Å². The molecule has 2 N–H and O–H groups in total. The van der Waals surface area contributed by atoms with Gasteiger partial charge in [-0.1, -0.05) is 35.3 Å². The van der Waals surface area contributed by atoms with Gasteiger partial charge in [-0.25, -0.2) is 0 Å². The third-order valence-electron chi connectivity index (χ3n) is 2.93. The average molecular weight is 344 g/mol. The van der Waals surface area contributed by atoms with Gasteiger partial charge in [0.2, 0.25) is 0 Å². The number of unbranched alkanes of at least 4 members (excludes halogenated alkanes) is 1. The van der Waals surface area contributed by atoms with Crippen LogP contribution >= 0.6 is 15.9 Å². The van der Waals surface area contributed by atoms with Crippen LogP contribution in [0.15, 0.2) is 22.7 Å². The first kappa shape index (κ1) is 17.0. The number of amides is 1. The van der Waals surface area contributed by atoms with Gasteiger partial charge in [-0.3, -0.25) is 4.79 Å². The normalized spacial score (nSPS) is 13.7. The van der Waals surface area contributed by atoms with Crippen LogP contribution in [0, 0.1) is 0 Å². The summed E-state index contributed by atoms with van der Waals surface area (Å²) in [6.07, 6.45) is 0.744. The van der Waals surface area contributed by atoms with Gasteiger partial charge in [-0.2, -0.15) is 0 Å². The van der Waals surface area contributed by atoms with Crippen LogP contribution in [0.2, 0.25) is 0 Å². The molecule has 0 bridgehead atoms. The molecule has 1 aromatic rings. The Kier molecular flexibility index (Phi) is 7.02. The highest BCUT2D eigenvalue weighted by Gasteiger charge is 2.17. The maximum atomic E-state index is 11.9. The molecule has 2 atom stereocenters. The zero-order chi connectivity index (χ0) is 15.1. The van der Waals surface area contributed by atoms with E-state index in [1.807, 2.05) is 6.07 Å². The molecule has 0 aliphatic carbocycles. The van der Waals surface area contributed by atoms with E-state index in [9.17, 15) is 9.90 Å². The fourth-order valence-corrected chi connectivity index (χ4v) is 2.07. The van der Waals surface area contributed by atoms with E-state index in [1.165, 1.54) is 0 Å². The van der Waals surface area contributed by atoms with Crippen LogP contribution < -0.4 is 10.1 Å². The SMILES string of the molecule is CCCCNC(=O)C(C)Oc1cc(Br)ccc1[C@H](C)O. The number of nitrogens with one attached hydrogen (secondary N) is 1. The largest absolute Gasteiger partial charge is 0.480 e. The number of halogens is 1. The number of aliphatic hydroxyl groups excluding tert-OH is 1. The Hall–Kier alpha value is -1.07. The van der Waals surface area contributed by atoms with Crippen molar-refractivity contribution in [3.63, 3.8) is 0 Å². The molecule has 20 heavy (non-hydrogen) atoms. The van der Waals surface area contributed by atoms with Gasteiger partial charge in [-0.15, -0.1) is 0 Å². The predicted octanol–water partition coefficient (Wildman–Crippen LogP) is 3.19. The Morgan fingerprint density at radius 2 is 2.15 bits per heavy atom. The lowest BCUT2D eigenvalue weighted by atomic mass is 10.1. The predicted molar refractivity (Wildman–Crippen MR) is 82.8 cm³/mol. The molecule has 0 radical (unpaired) electrons. The van der Waals surface area contributed by atoms with E-state index < -0.39 is 12.2 Å². The molecule has 0 spiro atoms. The van der Waals surface area contributed by atoms with Gasteiger partial charge in [0.25, 0.3) is 5.91 Å². The van der Waals surface area contributed by atoms with E-state index in [1.54, 1.807) is 26.0 Å². The zero-order valence-corrected chi connectivity index (χ0v) is 13.7. The Bertz CT molecular complexity index is 449. The van der Waals surface area contributed by atoms with Crippen molar-refractivity contribution in [2.75, 3.05) is 6.54 Å². The number of hydrogen-bond donors (Lipinski definition) is 2. The molecule has 0 fully saturated rings. The average Bonchev–Trinajstić information content (AvgIpc) is 2.38. The van der Waals surface area contributed by atoms with Crippen LogP contribution in [0.4, 0.5) is 0 Å². The summed E-state index contributed by atoms with van der Waals surface area (Å²) < 4.78 is 6.52. The number of hydrogen-bond acceptors (Lipinski definition) is 3.